The summed E-state index contributed by atoms with van der Waals surface area (Å²) in [5, 5.41) is 0. The van der Waals surface area contributed by atoms with Gasteiger partial charge < -0.3 is 9.64 Å². The Morgan fingerprint density at radius 2 is 2.08 bits per heavy atom. The number of rotatable bonds is 4. The van der Waals surface area contributed by atoms with Crippen LogP contribution in [-0.4, -0.2) is 33.6 Å². The van der Waals surface area contributed by atoms with Gasteiger partial charge in [-0.3, -0.25) is 18.7 Å². The first kappa shape index (κ1) is 17.0. The number of likely N-dealkylation sites (tertiary alicyclic amines) is 1. The minimum Gasteiger partial charge on any atom is -0.497 e. The Hall–Kier alpha value is -2.83. The first-order valence-electron chi connectivity index (χ1n) is 8.21. The van der Waals surface area contributed by atoms with Gasteiger partial charge in [0.1, 0.15) is 12.3 Å². The standard InChI is InChI=1S/C18H21N3O4/c1-19-16(22)8-10-20(18(19)24)12-17(23)21-9-4-7-15(21)13-5-3-6-14(11-13)25-2/h3,5-6,8,10-11,15H,4,7,9,12H2,1-2H3/t15-/m1/s1. The molecule has 0 radical (unpaired) electrons. The monoisotopic (exact) mass is 343 g/mol. The molecular formula is C18H21N3O4. The van der Waals surface area contributed by atoms with Crippen molar-refractivity contribution in [1.29, 1.82) is 0 Å². The number of benzene rings is 1. The summed E-state index contributed by atoms with van der Waals surface area (Å²) in [6.45, 7) is 0.578. The number of amides is 1. The van der Waals surface area contributed by atoms with Gasteiger partial charge in [0.05, 0.1) is 13.2 Å². The fraction of sp³-hybridized carbons (Fsp3) is 0.389. The van der Waals surface area contributed by atoms with Crippen molar-refractivity contribution in [2.75, 3.05) is 13.7 Å². The molecule has 1 aliphatic heterocycles. The molecule has 1 saturated heterocycles. The summed E-state index contributed by atoms with van der Waals surface area (Å²) in [5.41, 5.74) is 0.153. The van der Waals surface area contributed by atoms with Crippen LogP contribution in [0.15, 0.2) is 46.1 Å². The number of hydrogen-bond donors (Lipinski definition) is 0. The number of carbonyl (C=O) groups is 1. The molecule has 1 aliphatic rings. The Kier molecular flexibility index (Phi) is 4.74. The third-order valence-corrected chi connectivity index (χ3v) is 4.62. The summed E-state index contributed by atoms with van der Waals surface area (Å²) < 4.78 is 7.53. The van der Waals surface area contributed by atoms with Crippen molar-refractivity contribution in [3.05, 3.63) is 62.9 Å². The zero-order valence-electron chi connectivity index (χ0n) is 14.3. The van der Waals surface area contributed by atoms with Crippen molar-refractivity contribution in [3.8, 4) is 5.75 Å². The van der Waals surface area contributed by atoms with Gasteiger partial charge >= 0.3 is 5.69 Å². The fourth-order valence-corrected chi connectivity index (χ4v) is 3.23. The van der Waals surface area contributed by atoms with Crippen LogP contribution in [0.2, 0.25) is 0 Å². The number of ether oxygens (including phenoxy) is 1. The van der Waals surface area contributed by atoms with E-state index >= 15 is 0 Å². The van der Waals surface area contributed by atoms with Crippen molar-refractivity contribution in [1.82, 2.24) is 14.0 Å². The second-order valence-electron chi connectivity index (χ2n) is 6.15. The van der Waals surface area contributed by atoms with Crippen LogP contribution in [0.1, 0.15) is 24.4 Å². The van der Waals surface area contributed by atoms with Crippen LogP contribution in [-0.2, 0) is 18.4 Å². The number of methoxy groups -OCH3 is 1. The van der Waals surface area contributed by atoms with Gasteiger partial charge in [-0.25, -0.2) is 4.79 Å². The SMILES string of the molecule is COc1cccc([C@H]2CCCN2C(=O)Cn2ccc(=O)n(C)c2=O)c1. The predicted octanol–water partition coefficient (Wildman–Crippen LogP) is 0.919. The Balaban J connectivity index is 1.83. The highest BCUT2D eigenvalue weighted by molar-refractivity contribution is 5.77. The molecule has 0 saturated carbocycles. The largest absolute Gasteiger partial charge is 0.497 e. The normalized spacial score (nSPS) is 16.9. The zero-order chi connectivity index (χ0) is 18.0. The lowest BCUT2D eigenvalue weighted by atomic mass is 10.0. The van der Waals surface area contributed by atoms with Crippen LogP contribution in [0.25, 0.3) is 0 Å². The van der Waals surface area contributed by atoms with Crippen molar-refractivity contribution in [3.63, 3.8) is 0 Å². The molecule has 1 aromatic carbocycles. The molecule has 3 rings (SSSR count). The van der Waals surface area contributed by atoms with Crippen molar-refractivity contribution >= 4 is 5.91 Å². The maximum Gasteiger partial charge on any atom is 0.331 e. The third kappa shape index (κ3) is 3.35. The third-order valence-electron chi connectivity index (χ3n) is 4.62. The molecule has 0 aliphatic carbocycles. The molecular weight excluding hydrogens is 322 g/mol. The Labute approximate surface area is 145 Å². The summed E-state index contributed by atoms with van der Waals surface area (Å²) in [6.07, 6.45) is 3.16. The lowest BCUT2D eigenvalue weighted by Gasteiger charge is -2.25. The number of carbonyl (C=O) groups excluding carboxylic acids is 1. The number of aromatic nitrogens is 2. The van der Waals surface area contributed by atoms with Crippen LogP contribution < -0.4 is 16.0 Å². The molecule has 0 unspecified atom stereocenters. The summed E-state index contributed by atoms with van der Waals surface area (Å²) >= 11 is 0. The molecule has 7 nitrogen and oxygen atoms in total. The lowest BCUT2D eigenvalue weighted by Crippen LogP contribution is -2.41. The molecule has 0 spiro atoms. The van der Waals surface area contributed by atoms with Crippen LogP contribution in [0.3, 0.4) is 0 Å². The van der Waals surface area contributed by atoms with Crippen LogP contribution in [0.4, 0.5) is 0 Å². The van der Waals surface area contributed by atoms with Crippen molar-refractivity contribution in [2.45, 2.75) is 25.4 Å². The molecule has 1 amide bonds. The highest BCUT2D eigenvalue weighted by Crippen LogP contribution is 2.33. The summed E-state index contributed by atoms with van der Waals surface area (Å²) in [4.78, 5) is 38.1. The fourth-order valence-electron chi connectivity index (χ4n) is 3.23. The average Bonchev–Trinajstić information content (AvgIpc) is 3.12. The van der Waals surface area contributed by atoms with E-state index in [1.807, 2.05) is 24.3 Å². The maximum atomic E-state index is 12.7. The van der Waals surface area contributed by atoms with E-state index in [1.54, 1.807) is 12.0 Å². The van der Waals surface area contributed by atoms with Gasteiger partial charge in [0.2, 0.25) is 5.91 Å². The molecule has 1 fully saturated rings. The molecule has 7 heteroatoms. The predicted molar refractivity (Wildman–Crippen MR) is 92.6 cm³/mol. The van der Waals surface area contributed by atoms with E-state index in [9.17, 15) is 14.4 Å². The van der Waals surface area contributed by atoms with E-state index in [4.69, 9.17) is 4.74 Å². The molecule has 1 aromatic heterocycles. The van der Waals surface area contributed by atoms with Gasteiger partial charge in [0.15, 0.2) is 0 Å². The molecule has 132 valence electrons. The van der Waals surface area contributed by atoms with Crippen LogP contribution in [0.5, 0.6) is 5.75 Å². The minimum atomic E-state index is -0.488. The van der Waals surface area contributed by atoms with Gasteiger partial charge in [-0.1, -0.05) is 12.1 Å². The highest BCUT2D eigenvalue weighted by Gasteiger charge is 2.30. The molecule has 2 aromatic rings. The van der Waals surface area contributed by atoms with E-state index in [0.29, 0.717) is 6.54 Å². The van der Waals surface area contributed by atoms with E-state index in [0.717, 1.165) is 28.7 Å². The van der Waals surface area contributed by atoms with Crippen molar-refractivity contribution < 1.29 is 9.53 Å². The van der Waals surface area contributed by atoms with Gasteiger partial charge in [0.25, 0.3) is 5.56 Å². The number of nitrogens with zero attached hydrogens (tertiary/aromatic N) is 3. The smallest absolute Gasteiger partial charge is 0.331 e. The second-order valence-corrected chi connectivity index (χ2v) is 6.15. The van der Waals surface area contributed by atoms with E-state index in [1.165, 1.54) is 23.9 Å². The second kappa shape index (κ2) is 6.96. The Bertz CT molecular complexity index is 900. The summed E-state index contributed by atoms with van der Waals surface area (Å²) in [5.74, 6) is 0.622. The zero-order valence-corrected chi connectivity index (χ0v) is 14.3. The Morgan fingerprint density at radius 1 is 1.28 bits per heavy atom. The first-order chi connectivity index (χ1) is 12.0. The van der Waals surface area contributed by atoms with Crippen LogP contribution in [0, 0.1) is 0 Å². The summed E-state index contributed by atoms with van der Waals surface area (Å²) in [7, 11) is 3.02. The van der Waals surface area contributed by atoms with E-state index in [-0.39, 0.29) is 24.1 Å². The lowest BCUT2D eigenvalue weighted by molar-refractivity contribution is -0.132. The quantitative estimate of drug-likeness (QED) is 0.827. The van der Waals surface area contributed by atoms with E-state index < -0.39 is 5.69 Å². The van der Waals surface area contributed by atoms with Crippen molar-refractivity contribution in [2.24, 2.45) is 7.05 Å². The highest BCUT2D eigenvalue weighted by atomic mass is 16.5. The van der Waals surface area contributed by atoms with E-state index in [2.05, 4.69) is 0 Å². The molecule has 1 atom stereocenters. The van der Waals surface area contributed by atoms with Crippen LogP contribution >= 0.6 is 0 Å². The molecule has 2 heterocycles. The maximum absolute atomic E-state index is 12.7. The van der Waals surface area contributed by atoms with Gasteiger partial charge in [-0.15, -0.1) is 0 Å². The molecule has 0 bridgehead atoms. The molecule has 25 heavy (non-hydrogen) atoms. The number of hydrogen-bond acceptors (Lipinski definition) is 4. The topological polar surface area (TPSA) is 73.5 Å². The van der Waals surface area contributed by atoms with Gasteiger partial charge in [-0.05, 0) is 30.5 Å². The minimum absolute atomic E-state index is 0.0224. The van der Waals surface area contributed by atoms with Gasteiger partial charge in [-0.2, -0.15) is 0 Å². The first-order valence-corrected chi connectivity index (χ1v) is 8.21. The Morgan fingerprint density at radius 3 is 2.84 bits per heavy atom. The van der Waals surface area contributed by atoms with Gasteiger partial charge in [0, 0.05) is 25.9 Å². The molecule has 0 N–H and O–H groups in total. The summed E-state index contributed by atoms with van der Waals surface area (Å²) in [6, 6.07) is 8.97. The average molecular weight is 343 g/mol.